The topological polar surface area (TPSA) is 6.48 Å². The summed E-state index contributed by atoms with van der Waals surface area (Å²) in [4.78, 5) is 3.69. The van der Waals surface area contributed by atoms with Crippen molar-refractivity contribution in [2.75, 3.05) is 31.1 Å². The van der Waals surface area contributed by atoms with E-state index in [0.717, 1.165) is 5.69 Å². The fourth-order valence-electron chi connectivity index (χ4n) is 2.85. The normalized spacial score (nSPS) is 15.7. The van der Waals surface area contributed by atoms with Crippen LogP contribution in [-0.2, 0) is 6.54 Å². The van der Waals surface area contributed by atoms with Crippen LogP contribution in [0.4, 0.5) is 27.6 Å². The third kappa shape index (κ3) is 3.57. The van der Waals surface area contributed by atoms with Crippen LogP contribution in [-0.4, -0.2) is 31.1 Å². The van der Waals surface area contributed by atoms with E-state index >= 15 is 0 Å². The molecule has 0 spiro atoms. The van der Waals surface area contributed by atoms with Crippen LogP contribution < -0.4 is 4.90 Å². The molecule has 0 saturated carbocycles. The number of piperazine rings is 1. The first kappa shape index (κ1) is 17.9. The van der Waals surface area contributed by atoms with Crippen LogP contribution in [0.5, 0.6) is 0 Å². The Kier molecular flexibility index (Phi) is 5.15. The summed E-state index contributed by atoms with van der Waals surface area (Å²) in [6.45, 7) is 1.61. The zero-order chi connectivity index (χ0) is 18.1. The summed E-state index contributed by atoms with van der Waals surface area (Å²) in [5.41, 5.74) is 0.121. The molecule has 1 fully saturated rings. The highest BCUT2D eigenvalue weighted by Crippen LogP contribution is 2.25. The standard InChI is InChI=1S/C17H14ClF5N2/c18-10-2-1-3-11(8-10)25-6-4-24(5-7-25)9-12-13(19)15(21)17(23)16(22)14(12)20/h1-3,8H,4-7,9H2. The number of hydrogen-bond acceptors (Lipinski definition) is 2. The van der Waals surface area contributed by atoms with Gasteiger partial charge in [0, 0.05) is 49.0 Å². The van der Waals surface area contributed by atoms with E-state index in [-0.39, 0.29) is 6.54 Å². The van der Waals surface area contributed by atoms with Gasteiger partial charge in [0.1, 0.15) is 0 Å². The summed E-state index contributed by atoms with van der Waals surface area (Å²) >= 11 is 5.96. The van der Waals surface area contributed by atoms with Crippen molar-refractivity contribution in [3.63, 3.8) is 0 Å². The number of benzene rings is 2. The molecular weight excluding hydrogens is 363 g/mol. The van der Waals surface area contributed by atoms with Gasteiger partial charge < -0.3 is 4.90 Å². The Bertz CT molecular complexity index is 762. The lowest BCUT2D eigenvalue weighted by atomic mass is 10.1. The van der Waals surface area contributed by atoms with Crippen LogP contribution in [0, 0.1) is 29.1 Å². The second-order valence-electron chi connectivity index (χ2n) is 5.79. The molecule has 1 heterocycles. The van der Waals surface area contributed by atoms with Gasteiger partial charge in [-0.05, 0) is 18.2 Å². The van der Waals surface area contributed by atoms with Crippen molar-refractivity contribution in [2.24, 2.45) is 0 Å². The molecule has 0 N–H and O–H groups in total. The average molecular weight is 377 g/mol. The van der Waals surface area contributed by atoms with Crippen molar-refractivity contribution in [2.45, 2.75) is 6.54 Å². The lowest BCUT2D eigenvalue weighted by molar-refractivity contribution is 0.238. The Labute approximate surface area is 146 Å². The van der Waals surface area contributed by atoms with Crippen molar-refractivity contribution in [1.82, 2.24) is 4.90 Å². The zero-order valence-electron chi connectivity index (χ0n) is 13.0. The maximum absolute atomic E-state index is 13.8. The fraction of sp³-hybridized carbons (Fsp3) is 0.294. The van der Waals surface area contributed by atoms with Gasteiger partial charge in [-0.2, -0.15) is 0 Å². The Morgan fingerprint density at radius 1 is 0.800 bits per heavy atom. The Morgan fingerprint density at radius 2 is 1.36 bits per heavy atom. The molecule has 25 heavy (non-hydrogen) atoms. The molecule has 1 saturated heterocycles. The van der Waals surface area contributed by atoms with Crippen molar-refractivity contribution >= 4 is 17.3 Å². The predicted molar refractivity (Wildman–Crippen MR) is 85.2 cm³/mol. The van der Waals surface area contributed by atoms with Crippen LogP contribution >= 0.6 is 11.6 Å². The molecule has 0 unspecified atom stereocenters. The van der Waals surface area contributed by atoms with Crippen LogP contribution in [0.15, 0.2) is 24.3 Å². The molecule has 3 rings (SSSR count). The number of anilines is 1. The maximum Gasteiger partial charge on any atom is 0.200 e. The summed E-state index contributed by atoms with van der Waals surface area (Å²) in [5.74, 6) is -9.50. The van der Waals surface area contributed by atoms with Gasteiger partial charge in [0.25, 0.3) is 0 Å². The number of halogens is 6. The van der Waals surface area contributed by atoms with Gasteiger partial charge in [-0.3, -0.25) is 4.90 Å². The number of rotatable bonds is 3. The van der Waals surface area contributed by atoms with Gasteiger partial charge in [0.15, 0.2) is 23.3 Å². The SMILES string of the molecule is Fc1c(F)c(F)c(CN2CCN(c3cccc(Cl)c3)CC2)c(F)c1F. The molecule has 2 nitrogen and oxygen atoms in total. The Balaban J connectivity index is 1.71. The molecule has 0 radical (unpaired) electrons. The van der Waals surface area contributed by atoms with E-state index in [9.17, 15) is 22.0 Å². The lowest BCUT2D eigenvalue weighted by Crippen LogP contribution is -2.46. The van der Waals surface area contributed by atoms with E-state index in [1.54, 1.807) is 17.0 Å². The van der Waals surface area contributed by atoms with Crippen LogP contribution in [0.25, 0.3) is 0 Å². The third-order valence-electron chi connectivity index (χ3n) is 4.23. The molecule has 1 aliphatic rings. The molecule has 2 aromatic carbocycles. The third-order valence-corrected chi connectivity index (χ3v) is 4.46. The average Bonchev–Trinajstić information content (AvgIpc) is 2.62. The van der Waals surface area contributed by atoms with E-state index < -0.39 is 34.6 Å². The van der Waals surface area contributed by atoms with E-state index in [1.807, 2.05) is 17.0 Å². The summed E-state index contributed by atoms with van der Waals surface area (Å²) in [6, 6.07) is 7.27. The molecule has 2 aromatic rings. The minimum atomic E-state index is -2.13. The predicted octanol–water partition coefficient (Wildman–Crippen LogP) is 4.36. The monoisotopic (exact) mass is 376 g/mol. The van der Waals surface area contributed by atoms with Crippen LogP contribution in [0.2, 0.25) is 5.02 Å². The quantitative estimate of drug-likeness (QED) is 0.446. The van der Waals surface area contributed by atoms with Gasteiger partial charge in [0.05, 0.1) is 0 Å². The molecule has 1 aliphatic heterocycles. The van der Waals surface area contributed by atoms with Gasteiger partial charge in [-0.25, -0.2) is 22.0 Å². The minimum absolute atomic E-state index is 0.338. The van der Waals surface area contributed by atoms with Crippen molar-refractivity contribution in [1.29, 1.82) is 0 Å². The number of hydrogen-bond donors (Lipinski definition) is 0. The second-order valence-corrected chi connectivity index (χ2v) is 6.23. The molecule has 0 atom stereocenters. The maximum atomic E-state index is 13.8. The van der Waals surface area contributed by atoms with Crippen molar-refractivity contribution in [3.8, 4) is 0 Å². The zero-order valence-corrected chi connectivity index (χ0v) is 13.8. The Morgan fingerprint density at radius 3 is 1.92 bits per heavy atom. The smallest absolute Gasteiger partial charge is 0.200 e. The van der Waals surface area contributed by atoms with Crippen molar-refractivity contribution < 1.29 is 22.0 Å². The lowest BCUT2D eigenvalue weighted by Gasteiger charge is -2.36. The first-order valence-electron chi connectivity index (χ1n) is 7.61. The first-order chi connectivity index (χ1) is 11.9. The Hall–Kier alpha value is -1.86. The second kappa shape index (κ2) is 7.17. The molecular formula is C17H14ClF5N2. The van der Waals surface area contributed by atoms with E-state index in [4.69, 9.17) is 11.6 Å². The summed E-state index contributed by atoms with van der Waals surface area (Å²) in [6.07, 6.45) is 0. The first-order valence-corrected chi connectivity index (χ1v) is 7.99. The minimum Gasteiger partial charge on any atom is -0.369 e. The molecule has 0 amide bonds. The van der Waals surface area contributed by atoms with E-state index in [1.165, 1.54) is 0 Å². The number of nitrogens with zero attached hydrogens (tertiary/aromatic N) is 2. The van der Waals surface area contributed by atoms with E-state index in [0.29, 0.717) is 31.2 Å². The molecule has 0 aromatic heterocycles. The summed E-state index contributed by atoms with van der Waals surface area (Å²) in [5, 5.41) is 0.598. The molecule has 134 valence electrons. The largest absolute Gasteiger partial charge is 0.369 e. The van der Waals surface area contributed by atoms with Gasteiger partial charge in [-0.1, -0.05) is 17.7 Å². The van der Waals surface area contributed by atoms with Crippen LogP contribution in [0.1, 0.15) is 5.56 Å². The van der Waals surface area contributed by atoms with Gasteiger partial charge in [0.2, 0.25) is 5.82 Å². The van der Waals surface area contributed by atoms with Crippen LogP contribution in [0.3, 0.4) is 0 Å². The van der Waals surface area contributed by atoms with Gasteiger partial charge >= 0.3 is 0 Å². The van der Waals surface area contributed by atoms with Crippen molar-refractivity contribution in [3.05, 3.63) is 63.9 Å². The highest BCUT2D eigenvalue weighted by atomic mass is 35.5. The molecule has 8 heteroatoms. The van der Waals surface area contributed by atoms with Gasteiger partial charge in [-0.15, -0.1) is 0 Å². The fourth-order valence-corrected chi connectivity index (χ4v) is 3.03. The summed E-state index contributed by atoms with van der Waals surface area (Å²) in [7, 11) is 0. The summed E-state index contributed by atoms with van der Waals surface area (Å²) < 4.78 is 67.2. The highest BCUT2D eigenvalue weighted by Gasteiger charge is 2.27. The van der Waals surface area contributed by atoms with E-state index in [2.05, 4.69) is 0 Å². The highest BCUT2D eigenvalue weighted by molar-refractivity contribution is 6.30. The molecule has 0 aliphatic carbocycles. The molecule has 0 bridgehead atoms.